The molecule has 5 nitrogen and oxygen atoms in total. The van der Waals surface area contributed by atoms with Crippen molar-refractivity contribution in [2.75, 3.05) is 6.61 Å². The first-order chi connectivity index (χ1) is 10.2. The molecule has 0 radical (unpaired) electrons. The summed E-state index contributed by atoms with van der Waals surface area (Å²) in [7, 11) is 0. The summed E-state index contributed by atoms with van der Waals surface area (Å²) in [5.74, 6) is 2.11. The summed E-state index contributed by atoms with van der Waals surface area (Å²) in [6.45, 7) is 5.83. The summed E-state index contributed by atoms with van der Waals surface area (Å²) in [6.07, 6.45) is 3.96. The third-order valence-corrected chi connectivity index (χ3v) is 5.00. The number of alkyl halides is 1. The molecule has 2 atom stereocenters. The Hall–Kier alpha value is -1.07. The fourth-order valence-electron chi connectivity index (χ4n) is 3.65. The van der Waals surface area contributed by atoms with Gasteiger partial charge < -0.3 is 9.30 Å². The van der Waals surface area contributed by atoms with Crippen molar-refractivity contribution in [3.05, 3.63) is 11.5 Å². The van der Waals surface area contributed by atoms with Gasteiger partial charge in [0.15, 0.2) is 5.65 Å². The first kappa shape index (κ1) is 13.6. The van der Waals surface area contributed by atoms with Crippen LogP contribution in [0.15, 0.2) is 0 Å². The van der Waals surface area contributed by atoms with Crippen molar-refractivity contribution in [1.82, 2.24) is 19.3 Å². The number of aryl methyl sites for hydroxylation is 2. The van der Waals surface area contributed by atoms with Gasteiger partial charge in [-0.3, -0.25) is 0 Å². The molecule has 0 bridgehead atoms. The quantitative estimate of drug-likeness (QED) is 0.816. The number of ether oxygens (including phenoxy) is 1. The number of nitrogens with zero attached hydrogens (tertiary/aromatic N) is 4. The molecule has 4 rings (SSSR count). The predicted molar refractivity (Wildman–Crippen MR) is 81.6 cm³/mol. The highest BCUT2D eigenvalue weighted by atomic mass is 35.5. The van der Waals surface area contributed by atoms with Crippen molar-refractivity contribution >= 4 is 22.8 Å². The van der Waals surface area contributed by atoms with Crippen LogP contribution in [-0.4, -0.2) is 32.0 Å². The van der Waals surface area contributed by atoms with Gasteiger partial charge in [0.1, 0.15) is 11.3 Å². The molecule has 6 heteroatoms. The normalized spacial score (nSPS) is 26.0. The second-order valence-electron chi connectivity index (χ2n) is 6.13. The van der Waals surface area contributed by atoms with Crippen LogP contribution in [0.25, 0.3) is 11.2 Å². The number of hydrogen-bond acceptors (Lipinski definition) is 3. The molecule has 21 heavy (non-hydrogen) atoms. The van der Waals surface area contributed by atoms with E-state index in [-0.39, 0.29) is 0 Å². The van der Waals surface area contributed by atoms with E-state index in [2.05, 4.69) is 21.3 Å². The Morgan fingerprint density at radius 3 is 2.81 bits per heavy atom. The minimum atomic E-state index is 0.324. The molecule has 2 aromatic rings. The molecule has 114 valence electrons. The maximum atomic E-state index is 6.18. The van der Waals surface area contributed by atoms with Crippen LogP contribution >= 0.6 is 11.6 Å². The topological polar surface area (TPSA) is 44.9 Å². The first-order valence-corrected chi connectivity index (χ1v) is 8.39. The number of rotatable bonds is 4. The fraction of sp³-hybridized carbons (Fsp3) is 0.733. The SMILES string of the molecule is CCn1nc(C)c2nc(CCl)n(C3CCOC3C3CC3)c21. The molecule has 0 spiro atoms. The van der Waals surface area contributed by atoms with Gasteiger partial charge in [-0.15, -0.1) is 11.6 Å². The molecule has 1 aliphatic carbocycles. The van der Waals surface area contributed by atoms with E-state index in [1.165, 1.54) is 12.8 Å². The van der Waals surface area contributed by atoms with Crippen LogP contribution in [-0.2, 0) is 17.2 Å². The molecule has 1 aliphatic heterocycles. The first-order valence-electron chi connectivity index (χ1n) is 7.86. The zero-order valence-electron chi connectivity index (χ0n) is 12.5. The van der Waals surface area contributed by atoms with Gasteiger partial charge in [0.25, 0.3) is 0 Å². The zero-order valence-corrected chi connectivity index (χ0v) is 13.3. The monoisotopic (exact) mass is 308 g/mol. The zero-order chi connectivity index (χ0) is 14.6. The maximum Gasteiger partial charge on any atom is 0.159 e. The van der Waals surface area contributed by atoms with E-state index in [1.54, 1.807) is 0 Å². The summed E-state index contributed by atoms with van der Waals surface area (Å²) in [5.41, 5.74) is 3.10. The third-order valence-electron chi connectivity index (χ3n) is 4.76. The van der Waals surface area contributed by atoms with Gasteiger partial charge in [0.2, 0.25) is 0 Å². The summed E-state index contributed by atoms with van der Waals surface area (Å²) in [5, 5.41) is 4.61. The van der Waals surface area contributed by atoms with E-state index in [4.69, 9.17) is 21.3 Å². The Morgan fingerprint density at radius 2 is 2.14 bits per heavy atom. The van der Waals surface area contributed by atoms with Crippen LogP contribution in [0.5, 0.6) is 0 Å². The predicted octanol–water partition coefficient (Wildman–Crippen LogP) is 3.04. The lowest BCUT2D eigenvalue weighted by molar-refractivity contribution is 0.0752. The average Bonchev–Trinajstić information content (AvgIpc) is 2.98. The molecule has 0 N–H and O–H groups in total. The molecule has 3 heterocycles. The van der Waals surface area contributed by atoms with Crippen LogP contribution in [0.4, 0.5) is 0 Å². The second kappa shape index (κ2) is 4.99. The van der Waals surface area contributed by atoms with Crippen LogP contribution in [0.1, 0.15) is 43.7 Å². The van der Waals surface area contributed by atoms with Crippen molar-refractivity contribution < 1.29 is 4.74 Å². The highest BCUT2D eigenvalue weighted by Gasteiger charge is 2.43. The Morgan fingerprint density at radius 1 is 1.33 bits per heavy atom. The van der Waals surface area contributed by atoms with Gasteiger partial charge in [-0.05, 0) is 39.0 Å². The van der Waals surface area contributed by atoms with E-state index < -0.39 is 0 Å². The van der Waals surface area contributed by atoms with E-state index in [0.29, 0.717) is 18.0 Å². The van der Waals surface area contributed by atoms with Gasteiger partial charge in [0.05, 0.1) is 23.7 Å². The molecule has 1 saturated carbocycles. The summed E-state index contributed by atoms with van der Waals surface area (Å²) >= 11 is 6.18. The van der Waals surface area contributed by atoms with Crippen molar-refractivity contribution in [1.29, 1.82) is 0 Å². The number of hydrogen-bond donors (Lipinski definition) is 0. The van der Waals surface area contributed by atoms with Gasteiger partial charge in [-0.25, -0.2) is 9.67 Å². The minimum absolute atomic E-state index is 0.324. The van der Waals surface area contributed by atoms with Gasteiger partial charge in [-0.2, -0.15) is 5.10 Å². The highest BCUT2D eigenvalue weighted by Crippen LogP contribution is 2.44. The Bertz CT molecular complexity index is 673. The third kappa shape index (κ3) is 2.01. The smallest absolute Gasteiger partial charge is 0.159 e. The van der Waals surface area contributed by atoms with Crippen molar-refractivity contribution in [3.63, 3.8) is 0 Å². The Kier molecular flexibility index (Phi) is 3.23. The van der Waals surface area contributed by atoms with Crippen LogP contribution in [0, 0.1) is 12.8 Å². The lowest BCUT2D eigenvalue weighted by Crippen LogP contribution is -2.24. The van der Waals surface area contributed by atoms with Crippen LogP contribution in [0.2, 0.25) is 0 Å². The summed E-state index contributed by atoms with van der Waals surface area (Å²) in [6, 6.07) is 0.359. The van der Waals surface area contributed by atoms with Gasteiger partial charge in [-0.1, -0.05) is 0 Å². The maximum absolute atomic E-state index is 6.18. The average molecular weight is 309 g/mol. The molecular formula is C15H21ClN4O. The summed E-state index contributed by atoms with van der Waals surface area (Å²) in [4.78, 5) is 4.75. The van der Waals surface area contributed by atoms with Gasteiger partial charge >= 0.3 is 0 Å². The van der Waals surface area contributed by atoms with E-state index in [1.807, 2.05) is 6.92 Å². The lowest BCUT2D eigenvalue weighted by Gasteiger charge is -2.22. The van der Waals surface area contributed by atoms with E-state index >= 15 is 0 Å². The molecule has 1 saturated heterocycles. The fourth-order valence-corrected chi connectivity index (χ4v) is 3.84. The van der Waals surface area contributed by atoms with E-state index in [0.717, 1.165) is 48.2 Å². The molecule has 2 fully saturated rings. The van der Waals surface area contributed by atoms with Crippen LogP contribution < -0.4 is 0 Å². The van der Waals surface area contributed by atoms with Crippen LogP contribution in [0.3, 0.4) is 0 Å². The largest absolute Gasteiger partial charge is 0.376 e. The number of halogens is 1. The molecule has 0 amide bonds. The number of aromatic nitrogens is 4. The summed E-state index contributed by atoms with van der Waals surface area (Å²) < 4.78 is 10.4. The van der Waals surface area contributed by atoms with Crippen molar-refractivity contribution in [3.8, 4) is 0 Å². The van der Waals surface area contributed by atoms with Gasteiger partial charge in [0, 0.05) is 13.2 Å². The number of imidazole rings is 1. The Labute approximate surface area is 129 Å². The minimum Gasteiger partial charge on any atom is -0.376 e. The Balaban J connectivity index is 1.89. The number of fused-ring (bicyclic) bond motifs is 1. The molecular weight excluding hydrogens is 288 g/mol. The lowest BCUT2D eigenvalue weighted by atomic mass is 10.1. The second-order valence-corrected chi connectivity index (χ2v) is 6.40. The molecule has 0 aromatic carbocycles. The molecule has 2 unspecified atom stereocenters. The molecule has 2 aliphatic rings. The molecule has 2 aromatic heterocycles. The van der Waals surface area contributed by atoms with Crippen molar-refractivity contribution in [2.45, 2.75) is 57.7 Å². The van der Waals surface area contributed by atoms with E-state index in [9.17, 15) is 0 Å². The standard InChI is InChI=1S/C15H21ClN4O/c1-3-19-15-13(9(2)18-19)17-12(8-16)20(15)11-6-7-21-14(11)10-4-5-10/h10-11,14H,3-8H2,1-2H3. The van der Waals surface area contributed by atoms with Crippen molar-refractivity contribution in [2.24, 2.45) is 5.92 Å². The highest BCUT2D eigenvalue weighted by molar-refractivity contribution is 6.16.